The van der Waals surface area contributed by atoms with E-state index in [0.29, 0.717) is 11.7 Å². The standard InChI is InChI=1S/C15H26N4O2S.2ClH/c1-11-4-3-5-19(8-11)9-12-10-22-15(17-12)18-14(20)6-13(7-16)21-2;;/h10-11,13H,3-9,16H2,1-2H3,(H,17,18,20);2*1H. The second-order valence-corrected chi connectivity index (χ2v) is 6.83. The summed E-state index contributed by atoms with van der Waals surface area (Å²) in [6.45, 7) is 5.75. The van der Waals surface area contributed by atoms with Gasteiger partial charge in [0.1, 0.15) is 0 Å². The predicted molar refractivity (Wildman–Crippen MR) is 103 cm³/mol. The Balaban J connectivity index is 0.00000264. The molecule has 24 heavy (non-hydrogen) atoms. The zero-order valence-electron chi connectivity index (χ0n) is 14.2. The topological polar surface area (TPSA) is 80.5 Å². The summed E-state index contributed by atoms with van der Waals surface area (Å²) in [6.07, 6.45) is 2.59. The molecule has 0 bridgehead atoms. The van der Waals surface area contributed by atoms with Gasteiger partial charge < -0.3 is 15.8 Å². The van der Waals surface area contributed by atoms with Gasteiger partial charge in [-0.15, -0.1) is 36.2 Å². The number of carbonyl (C=O) groups excluding carboxylic acids is 1. The van der Waals surface area contributed by atoms with E-state index in [1.807, 2.05) is 5.38 Å². The van der Waals surface area contributed by atoms with Crippen molar-refractivity contribution in [3.05, 3.63) is 11.1 Å². The van der Waals surface area contributed by atoms with Crippen molar-refractivity contribution in [3.63, 3.8) is 0 Å². The SMILES string of the molecule is COC(CN)CC(=O)Nc1nc(CN2CCCC(C)C2)cs1.Cl.Cl. The highest BCUT2D eigenvalue weighted by Gasteiger charge is 2.18. The Labute approximate surface area is 160 Å². The molecule has 2 unspecified atom stereocenters. The number of amides is 1. The number of halogens is 2. The van der Waals surface area contributed by atoms with Crippen LogP contribution in [0.1, 0.15) is 31.9 Å². The van der Waals surface area contributed by atoms with E-state index < -0.39 is 0 Å². The van der Waals surface area contributed by atoms with Crippen LogP contribution in [0.5, 0.6) is 0 Å². The Morgan fingerprint density at radius 2 is 2.33 bits per heavy atom. The number of hydrogen-bond donors (Lipinski definition) is 2. The number of ether oxygens (including phenoxy) is 1. The van der Waals surface area contributed by atoms with Crippen molar-refractivity contribution in [1.29, 1.82) is 0 Å². The van der Waals surface area contributed by atoms with Crippen LogP contribution in [0, 0.1) is 5.92 Å². The van der Waals surface area contributed by atoms with E-state index in [0.717, 1.165) is 31.2 Å². The summed E-state index contributed by atoms with van der Waals surface area (Å²) in [6, 6.07) is 0. The van der Waals surface area contributed by atoms with Gasteiger partial charge in [-0.25, -0.2) is 4.98 Å². The highest BCUT2D eigenvalue weighted by atomic mass is 35.5. The summed E-state index contributed by atoms with van der Waals surface area (Å²) >= 11 is 1.47. The van der Waals surface area contributed by atoms with Crippen LogP contribution in [0.3, 0.4) is 0 Å². The first-order valence-electron chi connectivity index (χ1n) is 7.80. The number of nitrogens with one attached hydrogen (secondary N) is 1. The molecular weight excluding hydrogens is 371 g/mol. The number of piperidine rings is 1. The Morgan fingerprint density at radius 3 is 2.96 bits per heavy atom. The zero-order valence-corrected chi connectivity index (χ0v) is 16.6. The Hall–Kier alpha value is -0.440. The molecule has 3 N–H and O–H groups in total. The summed E-state index contributed by atoms with van der Waals surface area (Å²) in [5.74, 6) is 0.651. The van der Waals surface area contributed by atoms with E-state index in [1.54, 1.807) is 7.11 Å². The van der Waals surface area contributed by atoms with Crippen LogP contribution in [0.15, 0.2) is 5.38 Å². The maximum atomic E-state index is 11.9. The van der Waals surface area contributed by atoms with Gasteiger partial charge in [0.25, 0.3) is 0 Å². The molecule has 2 heterocycles. The van der Waals surface area contributed by atoms with Gasteiger partial charge in [-0.05, 0) is 25.3 Å². The first kappa shape index (κ1) is 23.6. The monoisotopic (exact) mass is 398 g/mol. The summed E-state index contributed by atoms with van der Waals surface area (Å²) in [7, 11) is 1.56. The zero-order chi connectivity index (χ0) is 15.9. The number of anilines is 1. The van der Waals surface area contributed by atoms with Gasteiger partial charge in [-0.3, -0.25) is 9.69 Å². The van der Waals surface area contributed by atoms with Crippen LogP contribution < -0.4 is 11.1 Å². The van der Waals surface area contributed by atoms with Crippen LogP contribution in [0.25, 0.3) is 0 Å². The molecule has 0 radical (unpaired) electrons. The largest absolute Gasteiger partial charge is 0.380 e. The van der Waals surface area contributed by atoms with E-state index in [9.17, 15) is 4.79 Å². The molecule has 0 saturated carbocycles. The molecule has 0 aliphatic carbocycles. The number of thiazole rings is 1. The van der Waals surface area contributed by atoms with Gasteiger partial charge in [-0.1, -0.05) is 6.92 Å². The highest BCUT2D eigenvalue weighted by Crippen LogP contribution is 2.21. The number of aromatic nitrogens is 1. The van der Waals surface area contributed by atoms with Gasteiger partial charge in [-0.2, -0.15) is 0 Å². The molecule has 0 aromatic carbocycles. The van der Waals surface area contributed by atoms with E-state index in [-0.39, 0.29) is 43.2 Å². The van der Waals surface area contributed by atoms with Crippen molar-refractivity contribution in [1.82, 2.24) is 9.88 Å². The van der Waals surface area contributed by atoms with Crippen LogP contribution in [-0.4, -0.2) is 48.6 Å². The normalized spacial score (nSPS) is 19.0. The predicted octanol–water partition coefficient (Wildman–Crippen LogP) is 2.52. The van der Waals surface area contributed by atoms with Gasteiger partial charge in [0.05, 0.1) is 18.2 Å². The molecule has 1 saturated heterocycles. The number of methoxy groups -OCH3 is 1. The van der Waals surface area contributed by atoms with Crippen LogP contribution in [0.2, 0.25) is 0 Å². The van der Waals surface area contributed by atoms with Gasteiger partial charge in [0, 0.05) is 32.1 Å². The molecule has 2 rings (SSSR count). The van der Waals surface area contributed by atoms with E-state index in [2.05, 4.69) is 22.1 Å². The lowest BCUT2D eigenvalue weighted by Crippen LogP contribution is -2.33. The molecular formula is C15H28Cl2N4O2S. The smallest absolute Gasteiger partial charge is 0.228 e. The van der Waals surface area contributed by atoms with Gasteiger partial charge in [0.15, 0.2) is 5.13 Å². The fourth-order valence-corrected chi connectivity index (χ4v) is 3.45. The Bertz CT molecular complexity index is 486. The minimum atomic E-state index is -0.241. The molecule has 1 aliphatic heterocycles. The molecule has 9 heteroatoms. The number of hydrogen-bond acceptors (Lipinski definition) is 6. The summed E-state index contributed by atoms with van der Waals surface area (Å²) in [4.78, 5) is 18.8. The third kappa shape index (κ3) is 7.63. The highest BCUT2D eigenvalue weighted by molar-refractivity contribution is 7.13. The van der Waals surface area contributed by atoms with E-state index in [4.69, 9.17) is 10.5 Å². The number of nitrogens with two attached hydrogens (primary N) is 1. The second kappa shape index (κ2) is 12.0. The van der Waals surface area contributed by atoms with E-state index in [1.165, 1.54) is 24.2 Å². The van der Waals surface area contributed by atoms with Gasteiger partial charge >= 0.3 is 0 Å². The molecule has 2 atom stereocenters. The van der Waals surface area contributed by atoms with Crippen molar-refractivity contribution < 1.29 is 9.53 Å². The average Bonchev–Trinajstić information content (AvgIpc) is 2.91. The van der Waals surface area contributed by atoms with Crippen LogP contribution >= 0.6 is 36.2 Å². The summed E-state index contributed by atoms with van der Waals surface area (Å²) in [5.41, 5.74) is 6.55. The second-order valence-electron chi connectivity index (χ2n) is 5.97. The molecule has 1 amide bonds. The summed E-state index contributed by atoms with van der Waals surface area (Å²) < 4.78 is 5.11. The lowest BCUT2D eigenvalue weighted by atomic mass is 10.0. The maximum absolute atomic E-state index is 11.9. The Morgan fingerprint density at radius 1 is 1.58 bits per heavy atom. The summed E-state index contributed by atoms with van der Waals surface area (Å²) in [5, 5.41) is 5.49. The number of nitrogens with zero attached hydrogens (tertiary/aromatic N) is 2. The molecule has 140 valence electrons. The van der Waals surface area contributed by atoms with Crippen molar-refractivity contribution in [2.75, 3.05) is 32.1 Å². The fraction of sp³-hybridized carbons (Fsp3) is 0.733. The maximum Gasteiger partial charge on any atom is 0.228 e. The number of rotatable bonds is 7. The fourth-order valence-electron chi connectivity index (χ4n) is 2.74. The molecule has 6 nitrogen and oxygen atoms in total. The first-order valence-corrected chi connectivity index (χ1v) is 8.68. The molecule has 1 aromatic heterocycles. The molecule has 1 fully saturated rings. The van der Waals surface area contributed by atoms with Gasteiger partial charge in [0.2, 0.25) is 5.91 Å². The van der Waals surface area contributed by atoms with Crippen molar-refractivity contribution in [2.45, 2.75) is 38.8 Å². The minimum absolute atomic E-state index is 0. The third-order valence-electron chi connectivity index (χ3n) is 3.93. The number of likely N-dealkylation sites (tertiary alicyclic amines) is 1. The lowest BCUT2D eigenvalue weighted by Gasteiger charge is -2.30. The average molecular weight is 399 g/mol. The van der Waals surface area contributed by atoms with Crippen LogP contribution in [-0.2, 0) is 16.1 Å². The van der Waals surface area contributed by atoms with Crippen molar-refractivity contribution >= 4 is 47.2 Å². The molecule has 1 aromatic rings. The number of carbonyl (C=O) groups is 1. The molecule has 1 aliphatic rings. The first-order chi connectivity index (χ1) is 10.6. The van der Waals surface area contributed by atoms with Crippen molar-refractivity contribution in [3.8, 4) is 0 Å². The third-order valence-corrected chi connectivity index (χ3v) is 4.74. The van der Waals surface area contributed by atoms with E-state index >= 15 is 0 Å². The molecule has 0 spiro atoms. The van der Waals surface area contributed by atoms with Crippen molar-refractivity contribution in [2.24, 2.45) is 11.7 Å². The lowest BCUT2D eigenvalue weighted by molar-refractivity contribution is -0.118. The quantitative estimate of drug-likeness (QED) is 0.737. The minimum Gasteiger partial charge on any atom is -0.380 e. The Kier molecular flexibility index (Phi) is 11.8. The van der Waals surface area contributed by atoms with Crippen LogP contribution in [0.4, 0.5) is 5.13 Å².